The lowest BCUT2D eigenvalue weighted by atomic mass is 9.98. The second kappa shape index (κ2) is 7.47. The number of hydrogen-bond acceptors (Lipinski definition) is 6. The Labute approximate surface area is 152 Å². The summed E-state index contributed by atoms with van der Waals surface area (Å²) in [4.78, 5) is 21.5. The molecule has 2 aliphatic heterocycles. The van der Waals surface area contributed by atoms with E-state index in [0.29, 0.717) is 24.8 Å². The summed E-state index contributed by atoms with van der Waals surface area (Å²) >= 11 is 0. The van der Waals surface area contributed by atoms with Gasteiger partial charge in [0.15, 0.2) is 5.76 Å². The van der Waals surface area contributed by atoms with Gasteiger partial charge in [-0.15, -0.1) is 0 Å². The van der Waals surface area contributed by atoms with E-state index in [1.165, 1.54) is 6.26 Å². The molecule has 2 aromatic heterocycles. The van der Waals surface area contributed by atoms with E-state index in [-0.39, 0.29) is 18.1 Å². The van der Waals surface area contributed by atoms with Crippen molar-refractivity contribution in [3.8, 4) is 5.88 Å². The van der Waals surface area contributed by atoms with Gasteiger partial charge in [-0.2, -0.15) is 0 Å². The van der Waals surface area contributed by atoms with E-state index in [4.69, 9.17) is 13.9 Å². The Morgan fingerprint density at radius 1 is 1.31 bits per heavy atom. The molecule has 0 unspecified atom stereocenters. The van der Waals surface area contributed by atoms with Gasteiger partial charge in [-0.05, 0) is 24.6 Å². The molecule has 0 saturated carbocycles. The lowest BCUT2D eigenvalue weighted by Crippen LogP contribution is -2.61. The summed E-state index contributed by atoms with van der Waals surface area (Å²) in [5, 5.41) is 0. The summed E-state index contributed by atoms with van der Waals surface area (Å²) in [6.45, 7) is 3.57. The van der Waals surface area contributed by atoms with E-state index in [0.717, 1.165) is 31.7 Å². The molecule has 138 valence electrons. The fourth-order valence-electron chi connectivity index (χ4n) is 3.76. The van der Waals surface area contributed by atoms with Crippen LogP contribution in [0, 0.1) is 0 Å². The molecule has 4 heterocycles. The predicted octanol–water partition coefficient (Wildman–Crippen LogP) is 1.80. The van der Waals surface area contributed by atoms with Crippen molar-refractivity contribution in [2.75, 3.05) is 33.4 Å². The van der Waals surface area contributed by atoms with Crippen LogP contribution < -0.4 is 4.74 Å². The molecule has 4 rings (SSSR count). The van der Waals surface area contributed by atoms with E-state index in [9.17, 15) is 4.79 Å². The fourth-order valence-corrected chi connectivity index (χ4v) is 3.76. The third kappa shape index (κ3) is 3.45. The summed E-state index contributed by atoms with van der Waals surface area (Å²) in [5.41, 5.74) is 0.962. The molecule has 1 amide bonds. The Kier molecular flexibility index (Phi) is 4.90. The van der Waals surface area contributed by atoms with Crippen molar-refractivity contribution in [3.05, 3.63) is 48.0 Å². The number of pyridine rings is 1. The van der Waals surface area contributed by atoms with Gasteiger partial charge in [0.1, 0.15) is 0 Å². The molecule has 0 spiro atoms. The highest BCUT2D eigenvalue weighted by atomic mass is 16.5. The molecule has 26 heavy (non-hydrogen) atoms. The van der Waals surface area contributed by atoms with Crippen molar-refractivity contribution in [3.63, 3.8) is 0 Å². The topological polar surface area (TPSA) is 68.0 Å². The van der Waals surface area contributed by atoms with Crippen LogP contribution in [0.15, 0.2) is 41.0 Å². The highest BCUT2D eigenvalue weighted by Gasteiger charge is 2.40. The molecular formula is C19H23N3O4. The van der Waals surface area contributed by atoms with Crippen molar-refractivity contribution in [2.24, 2.45) is 0 Å². The first kappa shape index (κ1) is 17.1. The quantitative estimate of drug-likeness (QED) is 0.831. The van der Waals surface area contributed by atoms with Crippen LogP contribution in [0.5, 0.6) is 5.88 Å². The minimum atomic E-state index is -0.0605. The number of carbonyl (C=O) groups is 1. The third-order valence-electron chi connectivity index (χ3n) is 5.04. The summed E-state index contributed by atoms with van der Waals surface area (Å²) < 4.78 is 16.4. The van der Waals surface area contributed by atoms with Crippen LogP contribution in [0.4, 0.5) is 0 Å². The molecule has 2 aliphatic rings. The maximum Gasteiger partial charge on any atom is 0.290 e. The molecule has 7 heteroatoms. The molecular weight excluding hydrogens is 334 g/mol. The maximum absolute atomic E-state index is 12.8. The number of hydrogen-bond donors (Lipinski definition) is 0. The SMILES string of the molecule is COc1cccc(CN2CC[C@@H]3OCCN(C(=O)c4ccco4)[C@H]3C2)n1. The number of furan rings is 1. The van der Waals surface area contributed by atoms with Gasteiger partial charge in [-0.3, -0.25) is 9.69 Å². The van der Waals surface area contributed by atoms with Crippen molar-refractivity contribution in [1.82, 2.24) is 14.8 Å². The molecule has 7 nitrogen and oxygen atoms in total. The number of fused-ring (bicyclic) bond motifs is 1. The second-order valence-corrected chi connectivity index (χ2v) is 6.65. The average Bonchev–Trinajstić information content (AvgIpc) is 3.22. The van der Waals surface area contributed by atoms with Crippen LogP contribution in [0.1, 0.15) is 22.7 Å². The zero-order valence-corrected chi connectivity index (χ0v) is 14.8. The smallest absolute Gasteiger partial charge is 0.290 e. The zero-order chi connectivity index (χ0) is 17.9. The van der Waals surface area contributed by atoms with E-state index in [1.807, 2.05) is 23.1 Å². The van der Waals surface area contributed by atoms with Gasteiger partial charge in [-0.1, -0.05) is 6.07 Å². The van der Waals surface area contributed by atoms with Crippen molar-refractivity contribution in [1.29, 1.82) is 0 Å². The van der Waals surface area contributed by atoms with Crippen molar-refractivity contribution < 1.29 is 18.7 Å². The number of morpholine rings is 1. The molecule has 2 fully saturated rings. The lowest BCUT2D eigenvalue weighted by Gasteiger charge is -2.46. The highest BCUT2D eigenvalue weighted by Crippen LogP contribution is 2.25. The standard InChI is InChI=1S/C19H23N3O4/c1-24-18-6-2-4-14(20-18)12-21-8-7-16-15(13-21)22(9-11-26-16)19(23)17-5-3-10-25-17/h2-6,10,15-16H,7-9,11-13H2,1H3/t15-,16-/m0/s1. The predicted molar refractivity (Wildman–Crippen MR) is 94.0 cm³/mol. The molecule has 0 N–H and O–H groups in total. The molecule has 2 atom stereocenters. The third-order valence-corrected chi connectivity index (χ3v) is 5.04. The van der Waals surface area contributed by atoms with E-state index < -0.39 is 0 Å². The van der Waals surface area contributed by atoms with Gasteiger partial charge in [0, 0.05) is 32.2 Å². The van der Waals surface area contributed by atoms with Crippen molar-refractivity contribution >= 4 is 5.91 Å². The maximum atomic E-state index is 12.8. The summed E-state index contributed by atoms with van der Waals surface area (Å²) in [7, 11) is 1.62. The van der Waals surface area contributed by atoms with Crippen LogP contribution in [0.3, 0.4) is 0 Å². The molecule has 2 aromatic rings. The number of rotatable bonds is 4. The van der Waals surface area contributed by atoms with Gasteiger partial charge < -0.3 is 18.8 Å². The van der Waals surface area contributed by atoms with Crippen LogP contribution in [0.2, 0.25) is 0 Å². The molecule has 0 aliphatic carbocycles. The van der Waals surface area contributed by atoms with E-state index in [1.54, 1.807) is 19.2 Å². The van der Waals surface area contributed by atoms with Crippen molar-refractivity contribution in [2.45, 2.75) is 25.1 Å². The Balaban J connectivity index is 1.47. The van der Waals surface area contributed by atoms with Gasteiger partial charge in [-0.25, -0.2) is 4.98 Å². The number of nitrogens with zero attached hydrogens (tertiary/aromatic N) is 3. The number of amides is 1. The number of methoxy groups -OCH3 is 1. The number of carbonyl (C=O) groups excluding carboxylic acids is 1. The van der Waals surface area contributed by atoms with Crippen LogP contribution in [-0.2, 0) is 11.3 Å². The molecule has 0 bridgehead atoms. The molecule has 2 saturated heterocycles. The normalized spacial score (nSPS) is 23.5. The van der Waals surface area contributed by atoms with Gasteiger partial charge in [0.05, 0.1) is 37.8 Å². The number of ether oxygens (including phenoxy) is 2. The van der Waals surface area contributed by atoms with Crippen LogP contribution in [0.25, 0.3) is 0 Å². The van der Waals surface area contributed by atoms with Gasteiger partial charge >= 0.3 is 0 Å². The highest BCUT2D eigenvalue weighted by molar-refractivity contribution is 5.91. The van der Waals surface area contributed by atoms with Gasteiger partial charge in [0.2, 0.25) is 5.88 Å². The number of piperidine rings is 1. The van der Waals surface area contributed by atoms with Crippen LogP contribution >= 0.6 is 0 Å². The molecule has 0 aromatic carbocycles. The lowest BCUT2D eigenvalue weighted by molar-refractivity contribution is -0.0921. The summed E-state index contributed by atoms with van der Waals surface area (Å²) in [6, 6.07) is 9.28. The Hall–Kier alpha value is -2.38. The fraction of sp³-hybridized carbons (Fsp3) is 0.474. The number of aromatic nitrogens is 1. The minimum Gasteiger partial charge on any atom is -0.481 e. The summed E-state index contributed by atoms with van der Waals surface area (Å²) in [6.07, 6.45) is 2.51. The second-order valence-electron chi connectivity index (χ2n) is 6.65. The number of likely N-dealkylation sites (tertiary alicyclic amines) is 1. The average molecular weight is 357 g/mol. The zero-order valence-electron chi connectivity index (χ0n) is 14.8. The minimum absolute atomic E-state index is 0.0284. The van der Waals surface area contributed by atoms with E-state index >= 15 is 0 Å². The van der Waals surface area contributed by atoms with Crippen LogP contribution in [-0.4, -0.2) is 66.2 Å². The Morgan fingerprint density at radius 3 is 3.04 bits per heavy atom. The molecule has 0 radical (unpaired) electrons. The first-order valence-corrected chi connectivity index (χ1v) is 8.93. The largest absolute Gasteiger partial charge is 0.481 e. The first-order chi connectivity index (χ1) is 12.7. The monoisotopic (exact) mass is 357 g/mol. The van der Waals surface area contributed by atoms with Gasteiger partial charge in [0.25, 0.3) is 5.91 Å². The first-order valence-electron chi connectivity index (χ1n) is 8.93. The Morgan fingerprint density at radius 2 is 2.23 bits per heavy atom. The van der Waals surface area contributed by atoms with E-state index in [2.05, 4.69) is 9.88 Å². The Bertz CT molecular complexity index is 749. The summed E-state index contributed by atoms with van der Waals surface area (Å²) in [5.74, 6) is 0.944.